The van der Waals surface area contributed by atoms with Gasteiger partial charge < -0.3 is 10.2 Å². The molecule has 1 aliphatic heterocycles. The fourth-order valence-electron chi connectivity index (χ4n) is 7.13. The van der Waals surface area contributed by atoms with E-state index in [0.717, 1.165) is 84.7 Å². The van der Waals surface area contributed by atoms with Crippen LogP contribution in [0.25, 0.3) is 56.2 Å². The van der Waals surface area contributed by atoms with E-state index in [2.05, 4.69) is 153 Å². The minimum absolute atomic E-state index is 0.825. The fraction of sp³-hybridized carbons (Fsp3) is 0. The second-order valence-corrected chi connectivity index (χ2v) is 12.3. The van der Waals surface area contributed by atoms with Crippen LogP contribution in [0.4, 0.5) is 28.4 Å². The predicted molar refractivity (Wildman–Crippen MR) is 202 cm³/mol. The molecule has 10 rings (SSSR count). The van der Waals surface area contributed by atoms with E-state index < -0.39 is 0 Å². The highest BCUT2D eigenvalue weighted by atomic mass is 15.2. The van der Waals surface area contributed by atoms with Crippen molar-refractivity contribution in [3.8, 4) is 34.2 Å². The molecule has 50 heavy (non-hydrogen) atoms. The van der Waals surface area contributed by atoms with Gasteiger partial charge in [0.25, 0.3) is 0 Å². The summed E-state index contributed by atoms with van der Waals surface area (Å²) in [6, 6.07) is 54.6. The van der Waals surface area contributed by atoms with E-state index in [0.29, 0.717) is 0 Å². The van der Waals surface area contributed by atoms with Gasteiger partial charge in [-0.05, 0) is 97.1 Å². The zero-order chi connectivity index (χ0) is 33.0. The Morgan fingerprint density at radius 1 is 0.420 bits per heavy atom. The molecular weight excluding hydrogens is 615 g/mol. The van der Waals surface area contributed by atoms with Gasteiger partial charge in [-0.1, -0.05) is 60.7 Å². The molecule has 0 bridgehead atoms. The van der Waals surface area contributed by atoms with Gasteiger partial charge in [0.1, 0.15) is 11.3 Å². The van der Waals surface area contributed by atoms with E-state index in [1.54, 1.807) is 0 Å². The second-order valence-electron chi connectivity index (χ2n) is 12.3. The Bertz CT molecular complexity index is 2510. The third kappa shape index (κ3) is 4.48. The largest absolute Gasteiger partial charge is 0.352 e. The summed E-state index contributed by atoms with van der Waals surface area (Å²) in [5, 5.41) is 5.73. The van der Waals surface area contributed by atoms with Crippen molar-refractivity contribution in [2.75, 3.05) is 10.2 Å². The molecule has 0 aliphatic carbocycles. The lowest BCUT2D eigenvalue weighted by Crippen LogP contribution is -2.18. The van der Waals surface area contributed by atoms with Crippen LogP contribution in [0.1, 0.15) is 0 Å². The van der Waals surface area contributed by atoms with E-state index >= 15 is 0 Å². The molecule has 6 heterocycles. The van der Waals surface area contributed by atoms with Crippen molar-refractivity contribution in [3.63, 3.8) is 0 Å². The summed E-state index contributed by atoms with van der Waals surface area (Å²) < 4.78 is 4.42. The Labute approximate surface area is 288 Å². The maximum atomic E-state index is 5.50. The van der Waals surface area contributed by atoms with Crippen LogP contribution in [-0.2, 0) is 0 Å². The molecule has 7 heteroatoms. The maximum Gasteiger partial charge on any atom is 0.144 e. The maximum absolute atomic E-state index is 5.50. The van der Waals surface area contributed by atoms with Crippen molar-refractivity contribution in [2.24, 2.45) is 0 Å². The standard InChI is InChI=1S/C43H29N7/c1-3-15-31(16-4-1)49-40(25-29-13-11-23-44-42(29)49)36-27-33(48-38-21-9-7-19-34(38)46-35-20-8-10-22-39(35)48)28-37(47-36)41-26-30-14-12-24-45-43(30)50(41)32-17-5-2-6-18-32/h1-28,46H. The van der Waals surface area contributed by atoms with Crippen molar-refractivity contribution < 1.29 is 0 Å². The molecule has 236 valence electrons. The summed E-state index contributed by atoms with van der Waals surface area (Å²) in [4.78, 5) is 17.5. The van der Waals surface area contributed by atoms with Gasteiger partial charge in [0.2, 0.25) is 0 Å². The smallest absolute Gasteiger partial charge is 0.144 e. The predicted octanol–water partition coefficient (Wildman–Crippen LogP) is 10.6. The van der Waals surface area contributed by atoms with E-state index in [1.807, 2.05) is 36.7 Å². The minimum atomic E-state index is 0.825. The van der Waals surface area contributed by atoms with E-state index in [4.69, 9.17) is 15.0 Å². The molecule has 0 unspecified atom stereocenters. The number of hydrogen-bond donors (Lipinski definition) is 1. The fourth-order valence-corrected chi connectivity index (χ4v) is 7.13. The van der Waals surface area contributed by atoms with E-state index in [1.165, 1.54) is 0 Å². The molecular formula is C43H29N7. The number of aromatic nitrogens is 5. The van der Waals surface area contributed by atoms with Crippen LogP contribution >= 0.6 is 0 Å². The lowest BCUT2D eigenvalue weighted by molar-refractivity contribution is 1.07. The zero-order valence-corrected chi connectivity index (χ0v) is 26.8. The molecule has 5 aromatic heterocycles. The summed E-state index contributed by atoms with van der Waals surface area (Å²) in [6.07, 6.45) is 3.70. The molecule has 7 nitrogen and oxygen atoms in total. The first-order valence-electron chi connectivity index (χ1n) is 16.6. The molecule has 0 spiro atoms. The van der Waals surface area contributed by atoms with Crippen molar-refractivity contribution in [2.45, 2.75) is 0 Å². The lowest BCUT2D eigenvalue weighted by Gasteiger charge is -2.34. The number of hydrogen-bond acceptors (Lipinski definition) is 5. The van der Waals surface area contributed by atoms with Crippen LogP contribution in [0.3, 0.4) is 0 Å². The van der Waals surface area contributed by atoms with E-state index in [-0.39, 0.29) is 0 Å². The van der Waals surface area contributed by atoms with Gasteiger partial charge in [-0.15, -0.1) is 0 Å². The molecule has 1 N–H and O–H groups in total. The monoisotopic (exact) mass is 643 g/mol. The molecule has 0 amide bonds. The van der Waals surface area contributed by atoms with E-state index in [9.17, 15) is 0 Å². The van der Waals surface area contributed by atoms with Crippen LogP contribution in [0.2, 0.25) is 0 Å². The number of anilines is 5. The van der Waals surface area contributed by atoms with Gasteiger partial charge in [-0.2, -0.15) is 0 Å². The topological polar surface area (TPSA) is 63.8 Å². The average Bonchev–Trinajstić information content (AvgIpc) is 3.77. The molecule has 0 saturated carbocycles. The van der Waals surface area contributed by atoms with Crippen LogP contribution in [0, 0.1) is 0 Å². The van der Waals surface area contributed by atoms with Crippen molar-refractivity contribution in [1.29, 1.82) is 0 Å². The van der Waals surface area contributed by atoms with Crippen LogP contribution < -0.4 is 10.2 Å². The summed E-state index contributed by atoms with van der Waals surface area (Å²) in [5.74, 6) is 0. The van der Waals surface area contributed by atoms with Gasteiger partial charge in [0.15, 0.2) is 0 Å². The zero-order valence-electron chi connectivity index (χ0n) is 26.8. The highest BCUT2D eigenvalue weighted by Gasteiger charge is 2.26. The first kappa shape index (κ1) is 28.1. The Morgan fingerprint density at radius 2 is 0.880 bits per heavy atom. The van der Waals surface area contributed by atoms with Crippen molar-refractivity contribution >= 4 is 50.5 Å². The van der Waals surface area contributed by atoms with Gasteiger partial charge in [0, 0.05) is 34.5 Å². The second kappa shape index (κ2) is 11.3. The number of para-hydroxylation sites is 6. The molecule has 0 fully saturated rings. The third-order valence-corrected chi connectivity index (χ3v) is 9.30. The summed E-state index contributed by atoms with van der Waals surface area (Å²) >= 11 is 0. The summed E-state index contributed by atoms with van der Waals surface area (Å²) in [6.45, 7) is 0. The highest BCUT2D eigenvalue weighted by molar-refractivity contribution is 5.98. The quantitative estimate of drug-likeness (QED) is 0.202. The Kier molecular flexibility index (Phi) is 6.35. The molecule has 1 aliphatic rings. The number of rotatable bonds is 5. The van der Waals surface area contributed by atoms with Crippen molar-refractivity contribution in [3.05, 3.63) is 170 Å². The number of fused-ring (bicyclic) bond motifs is 4. The normalized spacial score (nSPS) is 12.1. The molecule has 4 aromatic carbocycles. The third-order valence-electron chi connectivity index (χ3n) is 9.30. The SMILES string of the molecule is c1ccc(-n2c(-c3cc(N4c5ccccc5Nc5ccccc54)cc(-c4cc5cccnc5n4-c4ccccc4)n3)cc3cccnc32)cc1. The number of benzene rings is 4. The summed E-state index contributed by atoms with van der Waals surface area (Å²) in [5.41, 5.74) is 12.5. The first-order chi connectivity index (χ1) is 24.8. The van der Waals surface area contributed by atoms with Crippen molar-refractivity contribution in [1.82, 2.24) is 24.1 Å². The molecule has 0 atom stereocenters. The first-order valence-corrected chi connectivity index (χ1v) is 16.6. The Morgan fingerprint density at radius 3 is 1.38 bits per heavy atom. The molecule has 9 aromatic rings. The molecule has 0 saturated heterocycles. The van der Waals surface area contributed by atoms with Gasteiger partial charge in [-0.25, -0.2) is 15.0 Å². The number of nitrogens with zero attached hydrogens (tertiary/aromatic N) is 6. The summed E-state index contributed by atoms with van der Waals surface area (Å²) in [7, 11) is 0. The van der Waals surface area contributed by atoms with Crippen LogP contribution in [0.5, 0.6) is 0 Å². The van der Waals surface area contributed by atoms with Crippen LogP contribution in [-0.4, -0.2) is 24.1 Å². The van der Waals surface area contributed by atoms with Gasteiger partial charge >= 0.3 is 0 Å². The Hall–Kier alpha value is -6.99. The lowest BCUT2D eigenvalue weighted by atomic mass is 10.1. The minimum Gasteiger partial charge on any atom is -0.352 e. The highest BCUT2D eigenvalue weighted by Crippen LogP contribution is 2.49. The Balaban J connectivity index is 1.30. The van der Waals surface area contributed by atoms with Crippen LogP contribution in [0.15, 0.2) is 170 Å². The number of pyridine rings is 3. The van der Waals surface area contributed by atoms with Gasteiger partial charge in [0.05, 0.1) is 51.2 Å². The average molecular weight is 644 g/mol. The van der Waals surface area contributed by atoms with Gasteiger partial charge in [-0.3, -0.25) is 9.13 Å². The number of nitrogens with one attached hydrogen (secondary N) is 1. The molecule has 0 radical (unpaired) electrons.